The van der Waals surface area contributed by atoms with E-state index in [4.69, 9.17) is 0 Å². The van der Waals surface area contributed by atoms with Gasteiger partial charge in [0.15, 0.2) is 0 Å². The summed E-state index contributed by atoms with van der Waals surface area (Å²) < 4.78 is 0.220. The highest BCUT2D eigenvalue weighted by Gasteiger charge is 2.44. The second-order valence-corrected chi connectivity index (χ2v) is 9.18. The molecule has 1 N–H and O–H groups in total. The number of amides is 1. The Kier molecular flexibility index (Phi) is 4.35. The van der Waals surface area contributed by atoms with E-state index in [9.17, 15) is 4.79 Å². The van der Waals surface area contributed by atoms with Gasteiger partial charge in [-0.15, -0.1) is 0 Å². The molecule has 21 heavy (non-hydrogen) atoms. The fourth-order valence-corrected chi connectivity index (χ4v) is 5.29. The molecule has 1 aromatic rings. The Morgan fingerprint density at radius 1 is 1.52 bits per heavy atom. The fourth-order valence-electron chi connectivity index (χ4n) is 3.31. The molecule has 1 amide bonds. The molecule has 0 saturated carbocycles. The molecule has 0 spiro atoms. The van der Waals surface area contributed by atoms with E-state index >= 15 is 0 Å². The molecule has 0 aliphatic carbocycles. The summed E-state index contributed by atoms with van der Waals surface area (Å²) in [6.07, 6.45) is 2.53. The molecule has 5 heteroatoms. The maximum atomic E-state index is 12.8. The van der Waals surface area contributed by atoms with Crippen molar-refractivity contribution in [2.24, 2.45) is 5.92 Å². The highest BCUT2D eigenvalue weighted by atomic mass is 32.2. The third kappa shape index (κ3) is 3.01. The van der Waals surface area contributed by atoms with E-state index < -0.39 is 0 Å². The predicted molar refractivity (Wildman–Crippen MR) is 90.6 cm³/mol. The van der Waals surface area contributed by atoms with E-state index in [1.54, 1.807) is 11.3 Å². The minimum absolute atomic E-state index is 0.0502. The van der Waals surface area contributed by atoms with Crippen LogP contribution in [0.15, 0.2) is 16.8 Å². The van der Waals surface area contributed by atoms with E-state index in [2.05, 4.69) is 47.8 Å². The van der Waals surface area contributed by atoms with Gasteiger partial charge in [0.25, 0.3) is 0 Å². The van der Waals surface area contributed by atoms with Crippen molar-refractivity contribution in [1.29, 1.82) is 0 Å². The van der Waals surface area contributed by atoms with Crippen molar-refractivity contribution < 1.29 is 4.79 Å². The van der Waals surface area contributed by atoms with E-state index in [0.717, 1.165) is 6.54 Å². The average Bonchev–Trinajstić information content (AvgIpc) is 3.13. The Hall–Kier alpha value is -0.520. The minimum atomic E-state index is -0.0510. The number of carbonyl (C=O) groups excluding carboxylic acids is 1. The van der Waals surface area contributed by atoms with Crippen molar-refractivity contribution in [1.82, 2.24) is 10.2 Å². The lowest BCUT2D eigenvalue weighted by molar-refractivity contribution is -0.131. The second-order valence-electron chi connectivity index (χ2n) is 6.72. The summed E-state index contributed by atoms with van der Waals surface area (Å²) in [6, 6.07) is 2.08. The fraction of sp³-hybridized carbons (Fsp3) is 0.688. The van der Waals surface area contributed by atoms with Gasteiger partial charge in [0.2, 0.25) is 5.91 Å². The van der Waals surface area contributed by atoms with Crippen molar-refractivity contribution in [2.45, 2.75) is 50.6 Å². The summed E-state index contributed by atoms with van der Waals surface area (Å²) in [5.74, 6) is 1.82. The lowest BCUT2D eigenvalue weighted by Crippen LogP contribution is -2.41. The number of thiophene rings is 1. The van der Waals surface area contributed by atoms with Crippen LogP contribution in [0, 0.1) is 5.92 Å². The Morgan fingerprint density at radius 3 is 2.90 bits per heavy atom. The molecule has 3 heterocycles. The van der Waals surface area contributed by atoms with Gasteiger partial charge >= 0.3 is 0 Å². The summed E-state index contributed by atoms with van der Waals surface area (Å²) in [6.45, 7) is 7.41. The highest BCUT2D eigenvalue weighted by Crippen LogP contribution is 2.41. The van der Waals surface area contributed by atoms with Crippen molar-refractivity contribution in [2.75, 3.05) is 12.3 Å². The molecular formula is C16H24N2OS2. The maximum absolute atomic E-state index is 12.8. The minimum Gasteiger partial charge on any atom is -0.320 e. The second kappa shape index (κ2) is 5.94. The first-order valence-electron chi connectivity index (χ1n) is 7.73. The van der Waals surface area contributed by atoms with E-state index in [0.29, 0.717) is 5.92 Å². The molecule has 3 rings (SSSR count). The van der Waals surface area contributed by atoms with Crippen LogP contribution >= 0.6 is 23.1 Å². The van der Waals surface area contributed by atoms with E-state index in [-0.39, 0.29) is 22.9 Å². The summed E-state index contributed by atoms with van der Waals surface area (Å²) in [7, 11) is 0. The first-order chi connectivity index (χ1) is 10.0. The zero-order valence-electron chi connectivity index (χ0n) is 13.0. The number of nitrogens with one attached hydrogen (secondary N) is 1. The van der Waals surface area contributed by atoms with Crippen LogP contribution in [0.2, 0.25) is 0 Å². The number of carbonyl (C=O) groups is 1. The van der Waals surface area contributed by atoms with Crippen LogP contribution in [0.1, 0.15) is 45.3 Å². The first kappa shape index (κ1) is 15.4. The lowest BCUT2D eigenvalue weighted by atomic mass is 10.0. The van der Waals surface area contributed by atoms with Crippen LogP contribution in [0.4, 0.5) is 0 Å². The molecule has 2 aliphatic rings. The summed E-state index contributed by atoms with van der Waals surface area (Å²) in [5, 5.41) is 7.81. The van der Waals surface area contributed by atoms with Crippen LogP contribution in [0.3, 0.4) is 0 Å². The topological polar surface area (TPSA) is 32.3 Å². The Balaban J connectivity index is 1.84. The molecule has 3 unspecified atom stereocenters. The number of rotatable bonds is 4. The predicted octanol–water partition coefficient (Wildman–Crippen LogP) is 3.49. The van der Waals surface area contributed by atoms with Gasteiger partial charge in [0.05, 0.1) is 6.04 Å². The monoisotopic (exact) mass is 324 g/mol. The molecule has 0 aromatic carbocycles. The zero-order valence-corrected chi connectivity index (χ0v) is 14.6. The summed E-state index contributed by atoms with van der Waals surface area (Å²) in [4.78, 5) is 14.9. The third-order valence-electron chi connectivity index (χ3n) is 4.53. The number of thioether (sulfide) groups is 1. The van der Waals surface area contributed by atoms with Gasteiger partial charge in [-0.2, -0.15) is 23.1 Å². The van der Waals surface area contributed by atoms with Gasteiger partial charge < -0.3 is 4.90 Å². The first-order valence-corrected chi connectivity index (χ1v) is 9.66. The SMILES string of the molecule is CC(C)C1NC(c2ccsc2)N(CC2(C)CCCS2)C1=O. The van der Waals surface area contributed by atoms with Crippen LogP contribution in [-0.2, 0) is 4.79 Å². The number of hydrogen-bond acceptors (Lipinski definition) is 4. The van der Waals surface area contributed by atoms with Crippen LogP contribution in [0.25, 0.3) is 0 Å². The van der Waals surface area contributed by atoms with Crippen molar-refractivity contribution >= 4 is 29.0 Å². The van der Waals surface area contributed by atoms with Gasteiger partial charge in [-0.1, -0.05) is 13.8 Å². The molecule has 0 bridgehead atoms. The zero-order chi connectivity index (χ0) is 15.0. The summed E-state index contributed by atoms with van der Waals surface area (Å²) in [5.41, 5.74) is 1.23. The van der Waals surface area contributed by atoms with Gasteiger partial charge in [-0.3, -0.25) is 10.1 Å². The molecule has 3 nitrogen and oxygen atoms in total. The standard InChI is InChI=1S/C16H24N2OS2/c1-11(2)13-15(19)18(10-16(3)6-4-7-21-16)14(17-13)12-5-8-20-9-12/h5,8-9,11,13-14,17H,4,6-7,10H2,1-3H3. The molecule has 0 radical (unpaired) electrons. The molecule has 2 aliphatic heterocycles. The Morgan fingerprint density at radius 2 is 2.33 bits per heavy atom. The average molecular weight is 325 g/mol. The number of hydrogen-bond donors (Lipinski definition) is 1. The van der Waals surface area contributed by atoms with Crippen molar-refractivity contribution in [3.63, 3.8) is 0 Å². The maximum Gasteiger partial charge on any atom is 0.241 e. The molecule has 3 atom stereocenters. The molecule has 2 fully saturated rings. The van der Waals surface area contributed by atoms with Crippen molar-refractivity contribution in [3.8, 4) is 0 Å². The van der Waals surface area contributed by atoms with Crippen LogP contribution < -0.4 is 5.32 Å². The smallest absolute Gasteiger partial charge is 0.241 e. The molecular weight excluding hydrogens is 300 g/mol. The molecule has 1 aromatic heterocycles. The normalized spacial score (nSPS) is 33.3. The quantitative estimate of drug-likeness (QED) is 0.920. The van der Waals surface area contributed by atoms with Gasteiger partial charge in [-0.05, 0) is 53.8 Å². The van der Waals surface area contributed by atoms with Crippen LogP contribution in [-0.4, -0.2) is 33.9 Å². The van der Waals surface area contributed by atoms with Gasteiger partial charge in [0, 0.05) is 11.3 Å². The van der Waals surface area contributed by atoms with E-state index in [1.807, 2.05) is 11.8 Å². The largest absolute Gasteiger partial charge is 0.320 e. The Bertz CT molecular complexity index is 494. The van der Waals surface area contributed by atoms with Gasteiger partial charge in [0.1, 0.15) is 6.17 Å². The molecule has 116 valence electrons. The third-order valence-corrected chi connectivity index (χ3v) is 6.75. The lowest BCUT2D eigenvalue weighted by Gasteiger charge is -2.32. The van der Waals surface area contributed by atoms with Crippen LogP contribution in [0.5, 0.6) is 0 Å². The highest BCUT2D eigenvalue weighted by molar-refractivity contribution is 8.00. The molecule has 2 saturated heterocycles. The van der Waals surface area contributed by atoms with Crippen molar-refractivity contribution in [3.05, 3.63) is 22.4 Å². The van der Waals surface area contributed by atoms with E-state index in [1.165, 1.54) is 24.2 Å². The van der Waals surface area contributed by atoms with Gasteiger partial charge in [-0.25, -0.2) is 0 Å². The Labute approximate surface area is 135 Å². The summed E-state index contributed by atoms with van der Waals surface area (Å²) >= 11 is 3.72. The number of nitrogens with zero attached hydrogens (tertiary/aromatic N) is 1.